The van der Waals surface area contributed by atoms with Crippen LogP contribution in [0.4, 0.5) is 5.95 Å². The Kier molecular flexibility index (Phi) is 4.27. The highest BCUT2D eigenvalue weighted by atomic mass is 16.5. The van der Waals surface area contributed by atoms with E-state index in [0.29, 0.717) is 32.0 Å². The molecule has 0 N–H and O–H groups in total. The van der Waals surface area contributed by atoms with E-state index in [1.165, 1.54) is 6.20 Å². The lowest BCUT2D eigenvalue weighted by Gasteiger charge is -2.31. The van der Waals surface area contributed by atoms with E-state index in [1.54, 1.807) is 24.8 Å². The quantitative estimate of drug-likeness (QED) is 0.793. The van der Waals surface area contributed by atoms with Crippen LogP contribution in [0.5, 0.6) is 0 Å². The topological polar surface area (TPSA) is 84.3 Å². The molecule has 0 radical (unpaired) electrons. The molecule has 2 fully saturated rings. The first-order valence-electron chi connectivity index (χ1n) is 8.41. The van der Waals surface area contributed by atoms with Crippen molar-refractivity contribution in [2.24, 2.45) is 5.41 Å². The predicted octanol–water partition coefficient (Wildman–Crippen LogP) is 0.636. The fourth-order valence-electron chi connectivity index (χ4n) is 3.55. The fraction of sp³-hybridized carbons (Fsp3) is 0.471. The zero-order valence-corrected chi connectivity index (χ0v) is 13.9. The van der Waals surface area contributed by atoms with Crippen molar-refractivity contribution in [3.8, 4) is 0 Å². The number of anilines is 1. The summed E-state index contributed by atoms with van der Waals surface area (Å²) in [4.78, 5) is 33.6. The number of amides is 1. The highest BCUT2D eigenvalue weighted by Crippen LogP contribution is 2.35. The number of hydrogen-bond donors (Lipinski definition) is 0. The molecule has 1 unspecified atom stereocenters. The lowest BCUT2D eigenvalue weighted by Crippen LogP contribution is -2.43. The molecule has 2 aromatic rings. The highest BCUT2D eigenvalue weighted by molar-refractivity contribution is 5.92. The maximum absolute atomic E-state index is 12.8. The molecular formula is C17H20N6O2. The molecule has 1 amide bonds. The molecule has 0 aliphatic carbocycles. The van der Waals surface area contributed by atoms with Crippen LogP contribution in [-0.2, 0) is 4.74 Å². The van der Waals surface area contributed by atoms with Crippen LogP contribution in [0.15, 0.2) is 37.1 Å². The molecule has 4 heterocycles. The van der Waals surface area contributed by atoms with E-state index in [1.807, 2.05) is 11.0 Å². The summed E-state index contributed by atoms with van der Waals surface area (Å²) in [6, 6.07) is 1.81. The van der Waals surface area contributed by atoms with Crippen LogP contribution in [0.1, 0.15) is 16.9 Å². The first kappa shape index (κ1) is 15.9. The molecule has 0 saturated carbocycles. The number of rotatable bonds is 2. The molecule has 1 spiro atoms. The van der Waals surface area contributed by atoms with Gasteiger partial charge in [0, 0.05) is 56.4 Å². The van der Waals surface area contributed by atoms with E-state index in [2.05, 4.69) is 24.8 Å². The van der Waals surface area contributed by atoms with Gasteiger partial charge in [0.1, 0.15) is 5.69 Å². The van der Waals surface area contributed by atoms with E-state index >= 15 is 0 Å². The van der Waals surface area contributed by atoms with Crippen molar-refractivity contribution in [2.45, 2.75) is 6.42 Å². The first-order chi connectivity index (χ1) is 12.3. The van der Waals surface area contributed by atoms with Crippen molar-refractivity contribution in [1.29, 1.82) is 0 Å². The maximum Gasteiger partial charge on any atom is 0.274 e. The number of ether oxygens (including phenoxy) is 1. The second-order valence-electron chi connectivity index (χ2n) is 6.59. The lowest BCUT2D eigenvalue weighted by molar-refractivity contribution is 0.0685. The summed E-state index contributed by atoms with van der Waals surface area (Å²) in [5.74, 6) is 0.641. The summed E-state index contributed by atoms with van der Waals surface area (Å²) in [5, 5.41) is 0. The van der Waals surface area contributed by atoms with Crippen LogP contribution in [0.25, 0.3) is 0 Å². The molecule has 2 aliphatic heterocycles. The van der Waals surface area contributed by atoms with Crippen LogP contribution >= 0.6 is 0 Å². The fourth-order valence-corrected chi connectivity index (χ4v) is 3.55. The molecule has 4 rings (SSSR count). The Bertz CT molecular complexity index is 728. The van der Waals surface area contributed by atoms with Gasteiger partial charge in [-0.2, -0.15) is 0 Å². The Labute approximate surface area is 145 Å². The largest absolute Gasteiger partial charge is 0.379 e. The highest BCUT2D eigenvalue weighted by Gasteiger charge is 2.43. The normalized spacial score (nSPS) is 23.7. The Morgan fingerprint density at radius 3 is 2.76 bits per heavy atom. The number of carbonyl (C=O) groups is 1. The zero-order valence-electron chi connectivity index (χ0n) is 13.9. The van der Waals surface area contributed by atoms with Crippen LogP contribution < -0.4 is 4.90 Å². The second kappa shape index (κ2) is 6.72. The number of aromatic nitrogens is 4. The van der Waals surface area contributed by atoms with Gasteiger partial charge in [0.05, 0.1) is 19.4 Å². The predicted molar refractivity (Wildman–Crippen MR) is 90.0 cm³/mol. The molecular weight excluding hydrogens is 320 g/mol. The minimum absolute atomic E-state index is 0.0904. The molecule has 8 heteroatoms. The van der Waals surface area contributed by atoms with Gasteiger partial charge in [-0.3, -0.25) is 9.78 Å². The van der Waals surface area contributed by atoms with Gasteiger partial charge in [0.25, 0.3) is 5.91 Å². The van der Waals surface area contributed by atoms with Gasteiger partial charge in [0.2, 0.25) is 5.95 Å². The monoisotopic (exact) mass is 340 g/mol. The minimum Gasteiger partial charge on any atom is -0.379 e. The summed E-state index contributed by atoms with van der Waals surface area (Å²) in [6.45, 7) is 4.03. The summed E-state index contributed by atoms with van der Waals surface area (Å²) in [7, 11) is 0. The lowest BCUT2D eigenvalue weighted by atomic mass is 9.87. The number of hydrogen-bond acceptors (Lipinski definition) is 7. The van der Waals surface area contributed by atoms with Gasteiger partial charge in [-0.1, -0.05) is 0 Å². The molecule has 2 aromatic heterocycles. The first-order valence-corrected chi connectivity index (χ1v) is 8.41. The summed E-state index contributed by atoms with van der Waals surface area (Å²) >= 11 is 0. The van der Waals surface area contributed by atoms with Crippen molar-refractivity contribution in [1.82, 2.24) is 24.8 Å². The SMILES string of the molecule is O=C(c1cnccn1)N1CCOCC2(CCN(c3ncccn3)C2)C1. The van der Waals surface area contributed by atoms with Crippen molar-refractivity contribution in [3.63, 3.8) is 0 Å². The summed E-state index contributed by atoms with van der Waals surface area (Å²) in [6.07, 6.45) is 9.07. The van der Waals surface area contributed by atoms with Gasteiger partial charge >= 0.3 is 0 Å². The van der Waals surface area contributed by atoms with E-state index in [4.69, 9.17) is 4.74 Å². The number of carbonyl (C=O) groups excluding carboxylic acids is 1. The molecule has 2 aliphatic rings. The summed E-state index contributed by atoms with van der Waals surface area (Å²) in [5.41, 5.74) is 0.272. The molecule has 8 nitrogen and oxygen atoms in total. The van der Waals surface area contributed by atoms with E-state index in [-0.39, 0.29) is 11.3 Å². The third-order valence-corrected chi connectivity index (χ3v) is 4.78. The van der Waals surface area contributed by atoms with Crippen LogP contribution in [0, 0.1) is 5.41 Å². The molecule has 0 aromatic carbocycles. The molecule has 130 valence electrons. The van der Waals surface area contributed by atoms with Crippen molar-refractivity contribution in [2.75, 3.05) is 44.3 Å². The molecule has 2 saturated heterocycles. The smallest absolute Gasteiger partial charge is 0.274 e. The van der Waals surface area contributed by atoms with Crippen LogP contribution in [0.2, 0.25) is 0 Å². The number of nitrogens with zero attached hydrogens (tertiary/aromatic N) is 6. The molecule has 0 bridgehead atoms. The molecule has 1 atom stereocenters. The van der Waals surface area contributed by atoms with Gasteiger partial charge in [-0.25, -0.2) is 15.0 Å². The van der Waals surface area contributed by atoms with E-state index < -0.39 is 0 Å². The maximum atomic E-state index is 12.8. The average Bonchev–Trinajstić information content (AvgIpc) is 2.97. The standard InChI is InChI=1S/C17H20N6O2/c24-15(14-10-18-5-6-19-14)22-8-9-25-13-17(11-22)2-7-23(12-17)16-20-3-1-4-21-16/h1,3-6,10H,2,7-9,11-13H2. The minimum atomic E-state index is -0.104. The van der Waals surface area contributed by atoms with Gasteiger partial charge in [-0.15, -0.1) is 0 Å². The average molecular weight is 340 g/mol. The van der Waals surface area contributed by atoms with Crippen LogP contribution in [-0.4, -0.2) is 70.1 Å². The van der Waals surface area contributed by atoms with Crippen LogP contribution in [0.3, 0.4) is 0 Å². The summed E-state index contributed by atoms with van der Waals surface area (Å²) < 4.78 is 5.84. The van der Waals surface area contributed by atoms with Gasteiger partial charge in [0.15, 0.2) is 0 Å². The third-order valence-electron chi connectivity index (χ3n) is 4.78. The Morgan fingerprint density at radius 1 is 1.08 bits per heavy atom. The van der Waals surface area contributed by atoms with Crippen molar-refractivity contribution < 1.29 is 9.53 Å². The Balaban J connectivity index is 1.51. The van der Waals surface area contributed by atoms with E-state index in [9.17, 15) is 4.79 Å². The van der Waals surface area contributed by atoms with Crippen molar-refractivity contribution in [3.05, 3.63) is 42.7 Å². The van der Waals surface area contributed by atoms with E-state index in [0.717, 1.165) is 25.5 Å². The Morgan fingerprint density at radius 2 is 1.96 bits per heavy atom. The van der Waals surface area contributed by atoms with Gasteiger partial charge < -0.3 is 14.5 Å². The zero-order chi connectivity index (χ0) is 17.1. The van der Waals surface area contributed by atoms with Crippen molar-refractivity contribution >= 4 is 11.9 Å². The molecule has 25 heavy (non-hydrogen) atoms. The Hall–Kier alpha value is -2.61. The second-order valence-corrected chi connectivity index (χ2v) is 6.59. The van der Waals surface area contributed by atoms with Gasteiger partial charge in [-0.05, 0) is 12.5 Å². The third kappa shape index (κ3) is 3.30.